The highest BCUT2D eigenvalue weighted by Crippen LogP contribution is 2.32. The molecule has 0 amide bonds. The Morgan fingerprint density at radius 3 is 2.80 bits per heavy atom. The van der Waals surface area contributed by atoms with E-state index in [4.69, 9.17) is 9.47 Å². The minimum absolute atomic E-state index is 0.0510. The minimum Gasteiger partial charge on any atom is -0.382 e. The van der Waals surface area contributed by atoms with Crippen LogP contribution in [0.5, 0.6) is 0 Å². The molecular formula is C25H39N5O4S. The number of sulfone groups is 1. The second kappa shape index (κ2) is 12.3. The Morgan fingerprint density at radius 1 is 1.17 bits per heavy atom. The van der Waals surface area contributed by atoms with Gasteiger partial charge in [0.2, 0.25) is 0 Å². The summed E-state index contributed by atoms with van der Waals surface area (Å²) in [5, 5.41) is 4.46. The molecule has 2 atom stereocenters. The Bertz CT molecular complexity index is 1060. The number of aromatic amines is 1. The number of anilines is 1. The molecule has 2 N–H and O–H groups in total. The molecule has 1 aliphatic carbocycles. The zero-order chi connectivity index (χ0) is 24.7. The van der Waals surface area contributed by atoms with Crippen LogP contribution >= 0.6 is 0 Å². The minimum atomic E-state index is -3.15. The molecule has 4 rings (SSSR count). The van der Waals surface area contributed by atoms with E-state index in [0.717, 1.165) is 61.9 Å². The molecule has 194 valence electrons. The number of ether oxygens (including phenoxy) is 2. The second-order valence-electron chi connectivity index (χ2n) is 9.75. The molecule has 1 saturated heterocycles. The quantitative estimate of drug-likeness (QED) is 0.354. The second-order valence-corrected chi connectivity index (χ2v) is 11.9. The van der Waals surface area contributed by atoms with Gasteiger partial charge in [-0.1, -0.05) is 12.2 Å². The lowest BCUT2D eigenvalue weighted by Crippen LogP contribution is -2.45. The number of nitrogens with one attached hydrogen (secondary N) is 2. The highest BCUT2D eigenvalue weighted by molar-refractivity contribution is 7.91. The third-order valence-electron chi connectivity index (χ3n) is 7.28. The third kappa shape index (κ3) is 7.03. The van der Waals surface area contributed by atoms with Gasteiger partial charge in [0, 0.05) is 26.4 Å². The summed E-state index contributed by atoms with van der Waals surface area (Å²) >= 11 is 0. The van der Waals surface area contributed by atoms with Crippen LogP contribution in [0.15, 0.2) is 30.7 Å². The van der Waals surface area contributed by atoms with Crippen molar-refractivity contribution in [3.05, 3.63) is 30.7 Å². The van der Waals surface area contributed by atoms with Crippen LogP contribution in [-0.2, 0) is 19.3 Å². The van der Waals surface area contributed by atoms with E-state index in [1.165, 1.54) is 0 Å². The van der Waals surface area contributed by atoms with Crippen molar-refractivity contribution >= 4 is 26.7 Å². The number of aromatic nitrogens is 3. The van der Waals surface area contributed by atoms with Gasteiger partial charge in [-0.15, -0.1) is 0 Å². The first-order chi connectivity index (χ1) is 17.0. The van der Waals surface area contributed by atoms with Crippen molar-refractivity contribution in [1.82, 2.24) is 20.3 Å². The normalized spacial score (nSPS) is 25.9. The summed E-state index contributed by atoms with van der Waals surface area (Å²) in [5.41, 5.74) is 0.839. The van der Waals surface area contributed by atoms with E-state index in [1.54, 1.807) is 13.4 Å². The fraction of sp³-hybridized carbons (Fsp3) is 0.680. The molecule has 2 aromatic heterocycles. The number of methoxy groups -OCH3 is 1. The Labute approximate surface area is 208 Å². The van der Waals surface area contributed by atoms with Gasteiger partial charge in [0.25, 0.3) is 0 Å². The molecule has 0 radical (unpaired) electrons. The predicted molar refractivity (Wildman–Crippen MR) is 138 cm³/mol. The van der Waals surface area contributed by atoms with Gasteiger partial charge in [-0.2, -0.15) is 0 Å². The first-order valence-electron chi connectivity index (χ1n) is 12.7. The van der Waals surface area contributed by atoms with E-state index in [0.29, 0.717) is 19.3 Å². The number of hydrogen-bond donors (Lipinski definition) is 2. The lowest BCUT2D eigenvalue weighted by molar-refractivity contribution is -0.00678. The summed E-state index contributed by atoms with van der Waals surface area (Å²) < 4.78 is 36.7. The van der Waals surface area contributed by atoms with Gasteiger partial charge in [-0.05, 0) is 57.1 Å². The van der Waals surface area contributed by atoms with E-state index in [9.17, 15) is 8.42 Å². The van der Waals surface area contributed by atoms with Gasteiger partial charge < -0.3 is 24.7 Å². The maximum atomic E-state index is 12.8. The smallest absolute Gasteiger partial charge is 0.154 e. The number of rotatable bonds is 11. The van der Waals surface area contributed by atoms with E-state index >= 15 is 0 Å². The lowest BCUT2D eigenvalue weighted by atomic mass is 9.86. The average Bonchev–Trinajstić information content (AvgIpc) is 3.34. The van der Waals surface area contributed by atoms with Crippen LogP contribution in [0.4, 0.5) is 5.82 Å². The maximum Gasteiger partial charge on any atom is 0.154 e. The van der Waals surface area contributed by atoms with E-state index in [-0.39, 0.29) is 29.6 Å². The molecule has 2 unspecified atom stereocenters. The van der Waals surface area contributed by atoms with Crippen LogP contribution in [0.1, 0.15) is 38.5 Å². The van der Waals surface area contributed by atoms with Gasteiger partial charge in [-0.3, -0.25) is 0 Å². The number of nitrogens with zero attached hydrogens (tertiary/aromatic N) is 3. The molecule has 35 heavy (non-hydrogen) atoms. The fourth-order valence-electron chi connectivity index (χ4n) is 5.33. The number of fused-ring (bicyclic) bond motifs is 1. The first-order valence-corrected chi connectivity index (χ1v) is 14.5. The summed E-state index contributed by atoms with van der Waals surface area (Å²) in [7, 11) is 0.592. The zero-order valence-electron chi connectivity index (χ0n) is 20.9. The molecule has 9 nitrogen and oxygen atoms in total. The van der Waals surface area contributed by atoms with Crippen LogP contribution in [0.2, 0.25) is 0 Å². The SMILES string of the molecule is COCCOC1CCCNC1C=CCS(=O)(=O)CC1CCC(N(C)c2ncnc3[nH]ccc23)CC1. The number of piperidine rings is 1. The van der Waals surface area contributed by atoms with Gasteiger partial charge in [0.15, 0.2) is 9.84 Å². The van der Waals surface area contributed by atoms with Crippen molar-refractivity contribution in [1.29, 1.82) is 0 Å². The topological polar surface area (TPSA) is 109 Å². The number of H-pyrrole nitrogens is 1. The molecule has 1 saturated carbocycles. The van der Waals surface area contributed by atoms with Gasteiger partial charge >= 0.3 is 0 Å². The van der Waals surface area contributed by atoms with Crippen LogP contribution < -0.4 is 10.2 Å². The van der Waals surface area contributed by atoms with Crippen molar-refractivity contribution in [2.45, 2.75) is 56.7 Å². The van der Waals surface area contributed by atoms with E-state index in [2.05, 4.69) is 32.2 Å². The largest absolute Gasteiger partial charge is 0.382 e. The summed E-state index contributed by atoms with van der Waals surface area (Å²) in [6, 6.07) is 2.41. The van der Waals surface area contributed by atoms with Crippen molar-refractivity contribution in [3.8, 4) is 0 Å². The van der Waals surface area contributed by atoms with E-state index in [1.807, 2.05) is 24.4 Å². The molecule has 3 heterocycles. The molecule has 1 aliphatic heterocycles. The highest BCUT2D eigenvalue weighted by atomic mass is 32.2. The Morgan fingerprint density at radius 2 is 2.00 bits per heavy atom. The van der Waals surface area contributed by atoms with Crippen LogP contribution in [0, 0.1) is 5.92 Å². The average molecular weight is 506 g/mol. The van der Waals surface area contributed by atoms with E-state index < -0.39 is 9.84 Å². The molecular weight excluding hydrogens is 466 g/mol. The molecule has 10 heteroatoms. The van der Waals surface area contributed by atoms with Crippen molar-refractivity contribution in [2.24, 2.45) is 5.92 Å². The first kappa shape index (κ1) is 26.1. The van der Waals surface area contributed by atoms with Crippen molar-refractivity contribution in [3.63, 3.8) is 0 Å². The van der Waals surface area contributed by atoms with Gasteiger partial charge in [0.1, 0.15) is 17.8 Å². The molecule has 2 aromatic rings. The summed E-state index contributed by atoms with van der Waals surface area (Å²) in [4.78, 5) is 14.1. The summed E-state index contributed by atoms with van der Waals surface area (Å²) in [6.45, 7) is 2.04. The summed E-state index contributed by atoms with van der Waals surface area (Å²) in [6.07, 6.45) is 13.1. The highest BCUT2D eigenvalue weighted by Gasteiger charge is 2.29. The van der Waals surface area contributed by atoms with Crippen LogP contribution in [-0.4, -0.2) is 87.0 Å². The zero-order valence-corrected chi connectivity index (χ0v) is 21.7. The molecule has 0 bridgehead atoms. The molecule has 0 aromatic carbocycles. The predicted octanol–water partition coefficient (Wildman–Crippen LogP) is 2.71. The van der Waals surface area contributed by atoms with Gasteiger partial charge in [-0.25, -0.2) is 18.4 Å². The molecule has 2 fully saturated rings. The summed E-state index contributed by atoms with van der Waals surface area (Å²) in [5.74, 6) is 1.49. The maximum absolute atomic E-state index is 12.8. The Balaban J connectivity index is 1.25. The standard InChI is InChI=1S/C25H39N5O4S/c1-30(25-21-11-13-27-24(21)28-18-29-25)20-9-7-19(8-10-20)17-35(31,32)16-4-5-22-23(6-3-12-26-22)34-15-14-33-2/h4-5,11,13,18-20,22-23,26H,3,6-10,12,14-17H2,1-2H3,(H,27,28,29). The molecule has 2 aliphatic rings. The van der Waals surface area contributed by atoms with Crippen molar-refractivity contribution in [2.75, 3.05) is 50.3 Å². The van der Waals surface area contributed by atoms with Crippen LogP contribution in [0.3, 0.4) is 0 Å². The Kier molecular flexibility index (Phi) is 9.16. The Hall–Kier alpha value is -2.01. The number of hydrogen-bond acceptors (Lipinski definition) is 8. The fourth-order valence-corrected chi connectivity index (χ4v) is 6.92. The third-order valence-corrected chi connectivity index (χ3v) is 8.96. The lowest BCUT2D eigenvalue weighted by Gasteiger charge is -2.35. The van der Waals surface area contributed by atoms with Crippen molar-refractivity contribution < 1.29 is 17.9 Å². The van der Waals surface area contributed by atoms with Gasteiger partial charge in [0.05, 0.1) is 42.3 Å². The van der Waals surface area contributed by atoms with Crippen LogP contribution in [0.25, 0.3) is 11.0 Å². The molecule has 0 spiro atoms. The monoisotopic (exact) mass is 505 g/mol.